The molecule has 0 saturated carbocycles. The molecule has 160 valence electrons. The molecular weight excluding hydrogens is 414 g/mol. The summed E-state index contributed by atoms with van der Waals surface area (Å²) in [6.07, 6.45) is 0.469. The summed E-state index contributed by atoms with van der Waals surface area (Å²) in [6.45, 7) is 3.68. The van der Waals surface area contributed by atoms with E-state index in [4.69, 9.17) is 16.3 Å². The predicted octanol–water partition coefficient (Wildman–Crippen LogP) is 4.29. The van der Waals surface area contributed by atoms with Crippen LogP contribution >= 0.6 is 11.6 Å². The van der Waals surface area contributed by atoms with Gasteiger partial charge in [-0.2, -0.15) is 5.10 Å². The maximum atomic E-state index is 13.3. The predicted molar refractivity (Wildman–Crippen MR) is 123 cm³/mol. The van der Waals surface area contributed by atoms with Crippen molar-refractivity contribution in [2.24, 2.45) is 12.1 Å². The van der Waals surface area contributed by atoms with Gasteiger partial charge in [0.15, 0.2) is 5.00 Å². The van der Waals surface area contributed by atoms with Gasteiger partial charge in [-0.25, -0.2) is 5.01 Å². The smallest absolute Gasteiger partial charge is 0.260 e. The van der Waals surface area contributed by atoms with Crippen LogP contribution in [-0.2, 0) is 16.8 Å². The van der Waals surface area contributed by atoms with Crippen LogP contribution in [0.1, 0.15) is 36.5 Å². The summed E-state index contributed by atoms with van der Waals surface area (Å²) in [5.74, 6) is 0.479. The minimum Gasteiger partial charge on any atom is -0.497 e. The molecule has 0 saturated heterocycles. The van der Waals surface area contributed by atoms with Crippen LogP contribution in [0.15, 0.2) is 58.4 Å². The molecule has 0 spiro atoms. The number of nitrogens with zero attached hydrogens (tertiary/aromatic N) is 3. The number of halogens is 1. The third kappa shape index (κ3) is 3.31. The summed E-state index contributed by atoms with van der Waals surface area (Å²) in [5.41, 5.74) is 3.24. The topological polar surface area (TPSA) is 63.9 Å². The Kier molecular flexibility index (Phi) is 5.35. The van der Waals surface area contributed by atoms with Crippen molar-refractivity contribution in [1.82, 2.24) is 9.58 Å². The molecule has 1 aromatic heterocycles. The van der Waals surface area contributed by atoms with Crippen molar-refractivity contribution in [3.8, 4) is 5.75 Å². The molecule has 0 aliphatic carbocycles. The number of benzene rings is 2. The summed E-state index contributed by atoms with van der Waals surface area (Å²) < 4.78 is 6.86. The van der Waals surface area contributed by atoms with Gasteiger partial charge < -0.3 is 9.30 Å². The Morgan fingerprint density at radius 1 is 1.19 bits per heavy atom. The SMILES string of the molecule is CCC(=O)N1N=C(c2c(C)c3ccccc3n(C)c2=O)CC1(Cl)c1ccc(OC)cc1. The zero-order valence-corrected chi connectivity index (χ0v) is 18.7. The van der Waals surface area contributed by atoms with Crippen LogP contribution in [0.4, 0.5) is 0 Å². The summed E-state index contributed by atoms with van der Waals surface area (Å²) in [6, 6.07) is 15.0. The van der Waals surface area contributed by atoms with Gasteiger partial charge in [-0.05, 0) is 36.2 Å². The monoisotopic (exact) mass is 437 g/mol. The Labute approximate surface area is 185 Å². The Hall–Kier alpha value is -3.12. The number of hydrogen-bond donors (Lipinski definition) is 0. The first-order valence-electron chi connectivity index (χ1n) is 10.1. The van der Waals surface area contributed by atoms with Gasteiger partial charge in [-0.15, -0.1) is 0 Å². The minimum absolute atomic E-state index is 0.158. The second-order valence-electron chi connectivity index (χ2n) is 7.65. The number of methoxy groups -OCH3 is 1. The molecule has 1 amide bonds. The number of hydrazone groups is 1. The highest BCUT2D eigenvalue weighted by molar-refractivity contribution is 6.28. The first-order valence-corrected chi connectivity index (χ1v) is 10.5. The Balaban J connectivity index is 1.89. The van der Waals surface area contributed by atoms with E-state index in [9.17, 15) is 9.59 Å². The maximum absolute atomic E-state index is 13.3. The summed E-state index contributed by atoms with van der Waals surface area (Å²) in [7, 11) is 3.34. The van der Waals surface area contributed by atoms with Crippen LogP contribution in [0, 0.1) is 6.92 Å². The normalized spacial score (nSPS) is 18.4. The lowest BCUT2D eigenvalue weighted by molar-refractivity contribution is -0.133. The molecule has 3 aromatic rings. The maximum Gasteiger partial charge on any atom is 0.260 e. The molecular formula is C24H24ClN3O3. The van der Waals surface area contributed by atoms with E-state index >= 15 is 0 Å². The lowest BCUT2D eigenvalue weighted by atomic mass is 9.94. The van der Waals surface area contributed by atoms with Crippen molar-refractivity contribution >= 4 is 34.1 Å². The fraction of sp³-hybridized carbons (Fsp3) is 0.292. The number of pyridine rings is 1. The van der Waals surface area contributed by atoms with Crippen LogP contribution in [0.2, 0.25) is 0 Å². The third-order valence-electron chi connectivity index (χ3n) is 5.88. The summed E-state index contributed by atoms with van der Waals surface area (Å²) >= 11 is 7.08. The molecule has 0 N–H and O–H groups in total. The molecule has 1 atom stereocenters. The number of carbonyl (C=O) groups excluding carboxylic acids is 1. The van der Waals surface area contributed by atoms with Gasteiger partial charge in [0.2, 0.25) is 5.91 Å². The molecule has 2 heterocycles. The van der Waals surface area contributed by atoms with Gasteiger partial charge in [-0.3, -0.25) is 9.59 Å². The zero-order valence-electron chi connectivity index (χ0n) is 18.0. The Morgan fingerprint density at radius 2 is 1.87 bits per heavy atom. The first-order chi connectivity index (χ1) is 14.8. The van der Waals surface area contributed by atoms with Gasteiger partial charge in [-0.1, -0.05) is 48.9 Å². The van der Waals surface area contributed by atoms with Crippen molar-refractivity contribution in [2.75, 3.05) is 7.11 Å². The molecule has 4 rings (SSSR count). The van der Waals surface area contributed by atoms with Crippen molar-refractivity contribution < 1.29 is 9.53 Å². The fourth-order valence-corrected chi connectivity index (χ4v) is 4.52. The van der Waals surface area contributed by atoms with E-state index < -0.39 is 5.00 Å². The number of carbonyl (C=O) groups is 1. The molecule has 31 heavy (non-hydrogen) atoms. The van der Waals surface area contributed by atoms with E-state index in [2.05, 4.69) is 5.10 Å². The minimum atomic E-state index is -1.21. The standard InChI is InChI=1S/C24H24ClN3O3/c1-5-21(29)28-24(25,16-10-12-17(31-4)13-11-16)14-19(26-28)22-15(2)18-8-6-7-9-20(18)27(3)23(22)30/h6-13H,5,14H2,1-4H3. The van der Waals surface area contributed by atoms with Crippen LogP contribution < -0.4 is 10.3 Å². The zero-order chi connectivity index (χ0) is 22.3. The summed E-state index contributed by atoms with van der Waals surface area (Å²) in [5, 5.41) is 6.88. The second kappa shape index (κ2) is 7.85. The van der Waals surface area contributed by atoms with Gasteiger partial charge in [0.1, 0.15) is 5.75 Å². The second-order valence-corrected chi connectivity index (χ2v) is 8.28. The van der Waals surface area contributed by atoms with E-state index in [-0.39, 0.29) is 24.3 Å². The number of rotatable bonds is 4. The number of fused-ring (bicyclic) bond motifs is 1. The van der Waals surface area contributed by atoms with E-state index in [0.717, 1.165) is 16.5 Å². The average Bonchev–Trinajstić information content (AvgIpc) is 3.15. The van der Waals surface area contributed by atoms with Gasteiger partial charge in [0.25, 0.3) is 5.56 Å². The van der Waals surface area contributed by atoms with Crippen LogP contribution in [0.5, 0.6) is 5.75 Å². The fourth-order valence-electron chi connectivity index (χ4n) is 4.14. The Bertz CT molecular complexity index is 1260. The van der Waals surface area contributed by atoms with E-state index in [1.165, 1.54) is 5.01 Å². The van der Waals surface area contributed by atoms with Crippen molar-refractivity contribution in [2.45, 2.75) is 31.7 Å². The van der Waals surface area contributed by atoms with Crippen molar-refractivity contribution in [1.29, 1.82) is 0 Å². The van der Waals surface area contributed by atoms with Gasteiger partial charge in [0, 0.05) is 25.3 Å². The lowest BCUT2D eigenvalue weighted by Gasteiger charge is -2.30. The van der Waals surface area contributed by atoms with Crippen molar-refractivity contribution in [3.05, 3.63) is 75.6 Å². The van der Waals surface area contributed by atoms with E-state index in [0.29, 0.717) is 22.6 Å². The van der Waals surface area contributed by atoms with Crippen LogP contribution in [-0.4, -0.2) is 28.3 Å². The number of ether oxygens (including phenoxy) is 1. The van der Waals surface area contributed by atoms with Crippen molar-refractivity contribution in [3.63, 3.8) is 0 Å². The molecule has 7 heteroatoms. The third-order valence-corrected chi connectivity index (χ3v) is 6.39. The molecule has 2 aromatic carbocycles. The number of aryl methyl sites for hydroxylation is 2. The number of hydrogen-bond acceptors (Lipinski definition) is 4. The molecule has 0 fully saturated rings. The highest BCUT2D eigenvalue weighted by Gasteiger charge is 2.46. The largest absolute Gasteiger partial charge is 0.497 e. The van der Waals surface area contributed by atoms with E-state index in [1.54, 1.807) is 37.8 Å². The number of amides is 1. The molecule has 1 unspecified atom stereocenters. The molecule has 0 radical (unpaired) electrons. The number of para-hydroxylation sites is 1. The van der Waals surface area contributed by atoms with Crippen LogP contribution in [0.25, 0.3) is 10.9 Å². The molecule has 1 aliphatic rings. The number of alkyl halides is 1. The lowest BCUT2D eigenvalue weighted by Crippen LogP contribution is -2.38. The highest BCUT2D eigenvalue weighted by atomic mass is 35.5. The van der Waals surface area contributed by atoms with E-state index in [1.807, 2.05) is 43.3 Å². The molecule has 0 bridgehead atoms. The molecule has 6 nitrogen and oxygen atoms in total. The molecule has 1 aliphatic heterocycles. The number of aromatic nitrogens is 1. The summed E-state index contributed by atoms with van der Waals surface area (Å²) in [4.78, 5) is 24.9. The highest BCUT2D eigenvalue weighted by Crippen LogP contribution is 2.43. The van der Waals surface area contributed by atoms with Gasteiger partial charge >= 0.3 is 0 Å². The quantitative estimate of drug-likeness (QED) is 0.451. The first kappa shape index (κ1) is 21.1. The Morgan fingerprint density at radius 3 is 2.52 bits per heavy atom. The van der Waals surface area contributed by atoms with Gasteiger partial charge in [0.05, 0.1) is 23.9 Å². The average molecular weight is 438 g/mol. The van der Waals surface area contributed by atoms with Crippen LogP contribution in [0.3, 0.4) is 0 Å².